The predicted octanol–water partition coefficient (Wildman–Crippen LogP) is 1.86. The van der Waals surface area contributed by atoms with Gasteiger partial charge in [0.25, 0.3) is 0 Å². The molecule has 0 fully saturated rings. The molecule has 0 radical (unpaired) electrons. The summed E-state index contributed by atoms with van der Waals surface area (Å²) in [6, 6.07) is 3.71. The van der Waals surface area contributed by atoms with Crippen molar-refractivity contribution in [1.29, 1.82) is 0 Å². The summed E-state index contributed by atoms with van der Waals surface area (Å²) in [5.74, 6) is -0.518. The fourth-order valence-electron chi connectivity index (χ4n) is 1.04. The first-order valence-corrected chi connectivity index (χ1v) is 4.29. The van der Waals surface area contributed by atoms with Crippen LogP contribution in [0.5, 0.6) is 0 Å². The standard InChI is InChI=1S/C9H11ClFNO/c1-5(13)9(12)6-3-2-4-7(11)8(6)10/h2-5,9,13H,12H2,1H3. The lowest BCUT2D eigenvalue weighted by atomic mass is 10.0. The topological polar surface area (TPSA) is 46.2 Å². The summed E-state index contributed by atoms with van der Waals surface area (Å²) >= 11 is 5.67. The third-order valence-corrected chi connectivity index (χ3v) is 2.26. The number of aliphatic hydroxyl groups excluding tert-OH is 1. The molecular weight excluding hydrogens is 193 g/mol. The van der Waals surface area contributed by atoms with Gasteiger partial charge in [-0.1, -0.05) is 23.7 Å². The van der Waals surface area contributed by atoms with Crippen LogP contribution >= 0.6 is 11.6 Å². The molecule has 0 aliphatic carbocycles. The maximum absolute atomic E-state index is 12.9. The molecule has 0 aromatic heterocycles. The first-order chi connectivity index (χ1) is 6.04. The van der Waals surface area contributed by atoms with Crippen molar-refractivity contribution in [3.05, 3.63) is 34.6 Å². The van der Waals surface area contributed by atoms with E-state index in [1.807, 2.05) is 0 Å². The number of hydrogen-bond acceptors (Lipinski definition) is 2. The Morgan fingerprint density at radius 1 is 1.54 bits per heavy atom. The first-order valence-electron chi connectivity index (χ1n) is 3.91. The van der Waals surface area contributed by atoms with E-state index in [0.29, 0.717) is 5.56 Å². The third kappa shape index (κ3) is 2.18. The van der Waals surface area contributed by atoms with Crippen LogP contribution in [0.25, 0.3) is 0 Å². The van der Waals surface area contributed by atoms with Crippen molar-refractivity contribution < 1.29 is 9.50 Å². The summed E-state index contributed by atoms with van der Waals surface area (Å²) in [6.45, 7) is 1.53. The highest BCUT2D eigenvalue weighted by atomic mass is 35.5. The van der Waals surface area contributed by atoms with Crippen LogP contribution in [0.3, 0.4) is 0 Å². The normalized spacial score (nSPS) is 15.5. The highest BCUT2D eigenvalue weighted by Gasteiger charge is 2.16. The predicted molar refractivity (Wildman–Crippen MR) is 50.0 cm³/mol. The van der Waals surface area contributed by atoms with Crippen LogP contribution < -0.4 is 5.73 Å². The molecule has 2 atom stereocenters. The van der Waals surface area contributed by atoms with Gasteiger partial charge in [0.1, 0.15) is 5.82 Å². The molecule has 2 nitrogen and oxygen atoms in total. The summed E-state index contributed by atoms with van der Waals surface area (Å²) in [7, 11) is 0. The average Bonchev–Trinajstić information content (AvgIpc) is 2.08. The Balaban J connectivity index is 3.07. The van der Waals surface area contributed by atoms with Crippen LogP contribution in [-0.2, 0) is 0 Å². The summed E-state index contributed by atoms with van der Waals surface area (Å²) in [4.78, 5) is 0. The molecule has 0 amide bonds. The molecule has 1 aromatic carbocycles. The summed E-state index contributed by atoms with van der Waals surface area (Å²) < 4.78 is 12.9. The highest BCUT2D eigenvalue weighted by Crippen LogP contribution is 2.25. The average molecular weight is 204 g/mol. The third-order valence-electron chi connectivity index (χ3n) is 1.86. The van der Waals surface area contributed by atoms with Gasteiger partial charge in [-0.2, -0.15) is 0 Å². The number of nitrogens with two attached hydrogens (primary N) is 1. The fraction of sp³-hybridized carbons (Fsp3) is 0.333. The Hall–Kier alpha value is -0.640. The summed E-state index contributed by atoms with van der Waals surface area (Å²) in [6.07, 6.45) is -0.751. The molecule has 13 heavy (non-hydrogen) atoms. The first kappa shape index (κ1) is 10.4. The minimum Gasteiger partial charge on any atom is -0.391 e. The highest BCUT2D eigenvalue weighted by molar-refractivity contribution is 6.31. The van der Waals surface area contributed by atoms with E-state index in [9.17, 15) is 9.50 Å². The van der Waals surface area contributed by atoms with Crippen molar-refractivity contribution in [1.82, 2.24) is 0 Å². The van der Waals surface area contributed by atoms with Gasteiger partial charge in [-0.25, -0.2) is 4.39 Å². The Morgan fingerprint density at radius 3 is 2.69 bits per heavy atom. The Morgan fingerprint density at radius 2 is 2.15 bits per heavy atom. The minimum atomic E-state index is -0.751. The van der Waals surface area contributed by atoms with Gasteiger partial charge in [-0.05, 0) is 18.6 Å². The van der Waals surface area contributed by atoms with Gasteiger partial charge in [0, 0.05) is 0 Å². The molecule has 0 spiro atoms. The lowest BCUT2D eigenvalue weighted by Gasteiger charge is -2.16. The van der Waals surface area contributed by atoms with Crippen LogP contribution in [0, 0.1) is 5.82 Å². The van der Waals surface area contributed by atoms with Crippen LogP contribution in [0.15, 0.2) is 18.2 Å². The number of halogens is 2. The number of benzene rings is 1. The summed E-state index contributed by atoms with van der Waals surface area (Å²) in [5, 5.41) is 9.17. The molecule has 1 rings (SSSR count). The molecule has 4 heteroatoms. The van der Waals surface area contributed by atoms with E-state index >= 15 is 0 Å². The Kier molecular flexibility index (Phi) is 3.25. The fourth-order valence-corrected chi connectivity index (χ4v) is 1.29. The second kappa shape index (κ2) is 4.05. The molecule has 0 bridgehead atoms. The van der Waals surface area contributed by atoms with Gasteiger partial charge in [-0.15, -0.1) is 0 Å². The second-order valence-corrected chi connectivity index (χ2v) is 3.29. The lowest BCUT2D eigenvalue weighted by molar-refractivity contribution is 0.164. The molecule has 0 aliphatic heterocycles. The van der Waals surface area contributed by atoms with Crippen LogP contribution in [0.2, 0.25) is 5.02 Å². The van der Waals surface area contributed by atoms with Gasteiger partial charge in [0.2, 0.25) is 0 Å². The second-order valence-electron chi connectivity index (χ2n) is 2.91. The van der Waals surface area contributed by atoms with Crippen molar-refractivity contribution in [2.45, 2.75) is 19.1 Å². The Bertz CT molecular complexity index is 304. The van der Waals surface area contributed by atoms with Gasteiger partial charge >= 0.3 is 0 Å². The van der Waals surface area contributed by atoms with E-state index in [2.05, 4.69) is 0 Å². The number of rotatable bonds is 2. The van der Waals surface area contributed by atoms with Crippen molar-refractivity contribution in [3.63, 3.8) is 0 Å². The van der Waals surface area contributed by atoms with E-state index < -0.39 is 18.0 Å². The van der Waals surface area contributed by atoms with Crippen LogP contribution in [0.4, 0.5) is 4.39 Å². The molecular formula is C9H11ClFNO. The largest absolute Gasteiger partial charge is 0.391 e. The molecule has 72 valence electrons. The van der Waals surface area contributed by atoms with Crippen LogP contribution in [0.1, 0.15) is 18.5 Å². The minimum absolute atomic E-state index is 0.0177. The van der Waals surface area contributed by atoms with Gasteiger partial charge in [-0.3, -0.25) is 0 Å². The smallest absolute Gasteiger partial charge is 0.142 e. The van der Waals surface area contributed by atoms with Crippen LogP contribution in [-0.4, -0.2) is 11.2 Å². The quantitative estimate of drug-likeness (QED) is 0.771. The maximum Gasteiger partial charge on any atom is 0.142 e. The van der Waals surface area contributed by atoms with Gasteiger partial charge < -0.3 is 10.8 Å². The molecule has 1 aromatic rings. The molecule has 0 saturated heterocycles. The molecule has 2 unspecified atom stereocenters. The molecule has 0 heterocycles. The van der Waals surface area contributed by atoms with E-state index in [1.54, 1.807) is 6.07 Å². The van der Waals surface area contributed by atoms with E-state index in [4.69, 9.17) is 17.3 Å². The maximum atomic E-state index is 12.9. The van der Waals surface area contributed by atoms with Crippen molar-refractivity contribution >= 4 is 11.6 Å². The van der Waals surface area contributed by atoms with Crippen molar-refractivity contribution in [2.75, 3.05) is 0 Å². The molecule has 0 aliphatic rings. The SMILES string of the molecule is CC(O)C(N)c1cccc(F)c1Cl. The zero-order chi connectivity index (χ0) is 10.0. The van der Waals surface area contributed by atoms with E-state index in [0.717, 1.165) is 0 Å². The molecule has 3 N–H and O–H groups in total. The van der Waals surface area contributed by atoms with E-state index in [1.165, 1.54) is 19.1 Å². The lowest BCUT2D eigenvalue weighted by Crippen LogP contribution is -2.23. The zero-order valence-corrected chi connectivity index (χ0v) is 7.92. The summed E-state index contributed by atoms with van der Waals surface area (Å²) in [5.41, 5.74) is 6.03. The van der Waals surface area contributed by atoms with Crippen molar-refractivity contribution in [3.8, 4) is 0 Å². The monoisotopic (exact) mass is 203 g/mol. The van der Waals surface area contributed by atoms with E-state index in [-0.39, 0.29) is 5.02 Å². The van der Waals surface area contributed by atoms with Gasteiger partial charge in [0.15, 0.2) is 0 Å². The van der Waals surface area contributed by atoms with Gasteiger partial charge in [0.05, 0.1) is 17.2 Å². The number of aliphatic hydroxyl groups is 1. The number of hydrogen-bond donors (Lipinski definition) is 2. The van der Waals surface area contributed by atoms with Crippen molar-refractivity contribution in [2.24, 2.45) is 5.73 Å². The Labute approximate surface area is 81.1 Å². The molecule has 0 saturated carbocycles. The zero-order valence-electron chi connectivity index (χ0n) is 7.17.